The van der Waals surface area contributed by atoms with Gasteiger partial charge in [0.1, 0.15) is 10.6 Å². The number of hydrogen-bond donors (Lipinski definition) is 0. The fourth-order valence-electron chi connectivity index (χ4n) is 2.90. The second-order valence-corrected chi connectivity index (χ2v) is 7.74. The predicted octanol–water partition coefficient (Wildman–Crippen LogP) is 5.52. The molecular formula is C21H16ClNO3S. The van der Waals surface area contributed by atoms with E-state index < -0.39 is 5.97 Å². The SMILES string of the molecule is COc1cc(/C=C2\N=C(c3sc4cc(C)ccc4c3Cl)OC2=O)ccc1C. The number of aryl methyl sites for hydroxylation is 2. The van der Waals surface area contributed by atoms with E-state index in [1.165, 1.54) is 11.3 Å². The quantitative estimate of drug-likeness (QED) is 0.431. The van der Waals surface area contributed by atoms with Gasteiger partial charge in [-0.1, -0.05) is 35.9 Å². The van der Waals surface area contributed by atoms with Crippen molar-refractivity contribution in [1.29, 1.82) is 0 Å². The molecule has 0 radical (unpaired) electrons. The number of cyclic esters (lactones) is 1. The molecule has 27 heavy (non-hydrogen) atoms. The second-order valence-electron chi connectivity index (χ2n) is 6.31. The van der Waals surface area contributed by atoms with Crippen molar-refractivity contribution >= 4 is 51.0 Å². The molecule has 0 bridgehead atoms. The third kappa shape index (κ3) is 3.24. The molecule has 4 nitrogen and oxygen atoms in total. The highest BCUT2D eigenvalue weighted by Gasteiger charge is 2.28. The van der Waals surface area contributed by atoms with Crippen molar-refractivity contribution in [3.8, 4) is 5.75 Å². The number of benzene rings is 2. The fraction of sp³-hybridized carbons (Fsp3) is 0.143. The van der Waals surface area contributed by atoms with Crippen molar-refractivity contribution in [3.63, 3.8) is 0 Å². The molecule has 3 aromatic rings. The van der Waals surface area contributed by atoms with Crippen LogP contribution in [0.15, 0.2) is 47.1 Å². The maximum atomic E-state index is 12.3. The number of methoxy groups -OCH3 is 1. The van der Waals surface area contributed by atoms with Gasteiger partial charge in [-0.25, -0.2) is 9.79 Å². The lowest BCUT2D eigenvalue weighted by atomic mass is 10.1. The molecule has 4 rings (SSSR count). The van der Waals surface area contributed by atoms with Crippen LogP contribution in [0.3, 0.4) is 0 Å². The normalized spacial score (nSPS) is 15.3. The summed E-state index contributed by atoms with van der Waals surface area (Å²) in [5, 5.41) is 1.49. The highest BCUT2D eigenvalue weighted by Crippen LogP contribution is 2.38. The Morgan fingerprint density at radius 2 is 2.00 bits per heavy atom. The molecule has 0 saturated heterocycles. The fourth-order valence-corrected chi connectivity index (χ4v) is 4.44. The molecule has 136 valence electrons. The van der Waals surface area contributed by atoms with E-state index in [1.807, 2.05) is 44.2 Å². The molecule has 0 aliphatic carbocycles. The number of halogens is 1. The minimum Gasteiger partial charge on any atom is -0.496 e. The Balaban J connectivity index is 1.74. The summed E-state index contributed by atoms with van der Waals surface area (Å²) in [7, 11) is 1.62. The van der Waals surface area contributed by atoms with Crippen LogP contribution in [0.1, 0.15) is 21.6 Å². The third-order valence-electron chi connectivity index (χ3n) is 4.34. The van der Waals surface area contributed by atoms with Crippen LogP contribution in [0.25, 0.3) is 16.2 Å². The monoisotopic (exact) mass is 397 g/mol. The lowest BCUT2D eigenvalue weighted by Crippen LogP contribution is -2.04. The van der Waals surface area contributed by atoms with Crippen LogP contribution in [0.5, 0.6) is 5.75 Å². The highest BCUT2D eigenvalue weighted by atomic mass is 35.5. The van der Waals surface area contributed by atoms with Crippen LogP contribution in [-0.4, -0.2) is 19.0 Å². The van der Waals surface area contributed by atoms with Crippen molar-refractivity contribution in [2.45, 2.75) is 13.8 Å². The Kier molecular flexibility index (Phi) is 4.50. The summed E-state index contributed by atoms with van der Waals surface area (Å²) in [4.78, 5) is 17.3. The lowest BCUT2D eigenvalue weighted by molar-refractivity contribution is -0.129. The standard InChI is InChI=1S/C21H16ClNO3S/c1-11-4-7-14-17(8-11)27-19(18(14)22)20-23-15(21(24)26-20)9-13-6-5-12(2)16(10-13)25-3/h4-10H,1-3H3/b15-9-. The van der Waals surface area contributed by atoms with Gasteiger partial charge in [0.2, 0.25) is 5.90 Å². The third-order valence-corrected chi connectivity index (χ3v) is 5.98. The van der Waals surface area contributed by atoms with Crippen LogP contribution < -0.4 is 4.74 Å². The summed E-state index contributed by atoms with van der Waals surface area (Å²) in [6, 6.07) is 11.7. The van der Waals surface area contributed by atoms with E-state index in [0.29, 0.717) is 9.90 Å². The van der Waals surface area contributed by atoms with Crippen LogP contribution in [-0.2, 0) is 9.53 Å². The molecule has 2 aromatic carbocycles. The van der Waals surface area contributed by atoms with Gasteiger partial charge >= 0.3 is 5.97 Å². The first-order valence-electron chi connectivity index (χ1n) is 8.32. The van der Waals surface area contributed by atoms with Gasteiger partial charge < -0.3 is 9.47 Å². The summed E-state index contributed by atoms with van der Waals surface area (Å²) in [5.74, 6) is 0.506. The number of rotatable bonds is 3. The summed E-state index contributed by atoms with van der Waals surface area (Å²) in [6.07, 6.45) is 1.68. The molecule has 2 heterocycles. The van der Waals surface area contributed by atoms with Crippen LogP contribution in [0.4, 0.5) is 0 Å². The number of thiophene rings is 1. The van der Waals surface area contributed by atoms with Crippen LogP contribution >= 0.6 is 22.9 Å². The summed E-state index contributed by atoms with van der Waals surface area (Å²) in [5.41, 5.74) is 3.21. The Labute approximate surface area is 165 Å². The molecule has 1 aliphatic rings. The van der Waals surface area contributed by atoms with E-state index in [2.05, 4.69) is 11.1 Å². The number of nitrogens with zero attached hydrogens (tertiary/aromatic N) is 1. The van der Waals surface area contributed by atoms with Crippen molar-refractivity contribution in [2.24, 2.45) is 4.99 Å². The number of aliphatic imine (C=N–C) groups is 1. The van der Waals surface area contributed by atoms with Gasteiger partial charge in [-0.2, -0.15) is 0 Å². The number of fused-ring (bicyclic) bond motifs is 1. The smallest absolute Gasteiger partial charge is 0.363 e. The minimum absolute atomic E-state index is 0.237. The molecular weight excluding hydrogens is 382 g/mol. The second kappa shape index (κ2) is 6.83. The molecule has 0 fully saturated rings. The average Bonchev–Trinajstić information content (AvgIpc) is 3.16. The zero-order valence-electron chi connectivity index (χ0n) is 15.0. The van der Waals surface area contributed by atoms with Gasteiger partial charge in [0, 0.05) is 10.1 Å². The average molecular weight is 398 g/mol. The van der Waals surface area contributed by atoms with Gasteiger partial charge in [-0.3, -0.25) is 0 Å². The van der Waals surface area contributed by atoms with Gasteiger partial charge in [0.05, 0.1) is 12.1 Å². The molecule has 1 aliphatic heterocycles. The van der Waals surface area contributed by atoms with Crippen molar-refractivity contribution < 1.29 is 14.3 Å². The Morgan fingerprint density at radius 3 is 2.78 bits per heavy atom. The molecule has 0 spiro atoms. The predicted molar refractivity (Wildman–Crippen MR) is 110 cm³/mol. The molecule has 1 aromatic heterocycles. The number of hydrogen-bond acceptors (Lipinski definition) is 5. The first kappa shape index (κ1) is 17.8. The number of carbonyl (C=O) groups is 1. The van der Waals surface area contributed by atoms with Crippen molar-refractivity contribution in [3.05, 3.63) is 68.7 Å². The Morgan fingerprint density at radius 1 is 1.19 bits per heavy atom. The van der Waals surface area contributed by atoms with E-state index in [-0.39, 0.29) is 11.6 Å². The van der Waals surface area contributed by atoms with E-state index in [1.54, 1.807) is 13.2 Å². The molecule has 0 N–H and O–H groups in total. The summed E-state index contributed by atoms with van der Waals surface area (Å²) < 4.78 is 11.8. The Bertz CT molecular complexity index is 1140. The van der Waals surface area contributed by atoms with Crippen LogP contribution in [0.2, 0.25) is 5.02 Å². The maximum Gasteiger partial charge on any atom is 0.363 e. The van der Waals surface area contributed by atoms with E-state index >= 15 is 0 Å². The maximum absolute atomic E-state index is 12.3. The molecule has 0 amide bonds. The van der Waals surface area contributed by atoms with Crippen molar-refractivity contribution in [1.82, 2.24) is 0 Å². The lowest BCUT2D eigenvalue weighted by Gasteiger charge is -2.04. The Hall–Kier alpha value is -2.63. The molecule has 0 saturated carbocycles. The summed E-state index contributed by atoms with van der Waals surface area (Å²) >= 11 is 7.97. The zero-order chi connectivity index (χ0) is 19.1. The molecule has 0 atom stereocenters. The van der Waals surface area contributed by atoms with Gasteiger partial charge in [-0.15, -0.1) is 11.3 Å². The van der Waals surface area contributed by atoms with E-state index in [9.17, 15) is 4.79 Å². The topological polar surface area (TPSA) is 47.9 Å². The molecule has 6 heteroatoms. The van der Waals surface area contributed by atoms with Crippen LogP contribution in [0, 0.1) is 13.8 Å². The molecule has 0 unspecified atom stereocenters. The van der Waals surface area contributed by atoms with Gasteiger partial charge in [0.25, 0.3) is 0 Å². The first-order chi connectivity index (χ1) is 13.0. The number of carbonyl (C=O) groups excluding carboxylic acids is 1. The number of esters is 1. The largest absolute Gasteiger partial charge is 0.496 e. The van der Waals surface area contributed by atoms with E-state index in [0.717, 1.165) is 32.5 Å². The van der Waals surface area contributed by atoms with Crippen molar-refractivity contribution in [2.75, 3.05) is 7.11 Å². The first-order valence-corrected chi connectivity index (χ1v) is 9.52. The van der Waals surface area contributed by atoms with Gasteiger partial charge in [-0.05, 0) is 48.7 Å². The summed E-state index contributed by atoms with van der Waals surface area (Å²) in [6.45, 7) is 3.98. The minimum atomic E-state index is -0.491. The van der Waals surface area contributed by atoms with Gasteiger partial charge in [0.15, 0.2) is 5.70 Å². The zero-order valence-corrected chi connectivity index (χ0v) is 16.6. The van der Waals surface area contributed by atoms with E-state index in [4.69, 9.17) is 21.1 Å². The number of ether oxygens (including phenoxy) is 2. The highest BCUT2D eigenvalue weighted by molar-refractivity contribution is 7.21.